The molecule has 1 saturated heterocycles. The van der Waals surface area contributed by atoms with E-state index in [9.17, 15) is 9.90 Å². The second-order valence-electron chi connectivity index (χ2n) is 5.04. The van der Waals surface area contributed by atoms with Gasteiger partial charge in [-0.25, -0.2) is 0 Å². The van der Waals surface area contributed by atoms with Crippen molar-refractivity contribution in [3.05, 3.63) is 0 Å². The summed E-state index contributed by atoms with van der Waals surface area (Å²) in [5.41, 5.74) is -0.949. The van der Waals surface area contributed by atoms with Crippen molar-refractivity contribution in [3.8, 4) is 0 Å². The highest BCUT2D eigenvalue weighted by Gasteiger charge is 2.38. The lowest BCUT2D eigenvalue weighted by molar-refractivity contribution is -0.150. The van der Waals surface area contributed by atoms with Crippen LogP contribution in [0.5, 0.6) is 0 Å². The van der Waals surface area contributed by atoms with Gasteiger partial charge >= 0.3 is 0 Å². The first-order valence-electron chi connectivity index (χ1n) is 5.96. The van der Waals surface area contributed by atoms with Gasteiger partial charge in [-0.2, -0.15) is 0 Å². The molecule has 0 aromatic carbocycles. The summed E-state index contributed by atoms with van der Waals surface area (Å²) in [5.74, 6) is -0.278. The summed E-state index contributed by atoms with van der Waals surface area (Å²) in [7, 11) is 0. The molecule has 1 aliphatic rings. The molecule has 94 valence electrons. The van der Waals surface area contributed by atoms with E-state index in [-0.39, 0.29) is 17.7 Å². The number of hydrogen-bond acceptors (Lipinski definition) is 3. The van der Waals surface area contributed by atoms with E-state index in [0.29, 0.717) is 26.3 Å². The second kappa shape index (κ2) is 5.15. The molecule has 0 unspecified atom stereocenters. The van der Waals surface area contributed by atoms with Crippen molar-refractivity contribution in [1.82, 2.24) is 4.90 Å². The largest absolute Gasteiger partial charge is 0.389 e. The second-order valence-corrected chi connectivity index (χ2v) is 5.04. The molecule has 1 N–H and O–H groups in total. The number of rotatable bonds is 3. The van der Waals surface area contributed by atoms with Gasteiger partial charge in [-0.3, -0.25) is 4.79 Å². The number of morpholine rings is 1. The molecule has 1 fully saturated rings. The summed E-state index contributed by atoms with van der Waals surface area (Å²) in [6.07, 6.45) is 0. The van der Waals surface area contributed by atoms with Crippen molar-refractivity contribution in [3.63, 3.8) is 0 Å². The highest BCUT2D eigenvalue weighted by molar-refractivity contribution is 5.79. The molecular weight excluding hydrogens is 206 g/mol. The molecular formula is C12H23NO3. The van der Waals surface area contributed by atoms with Gasteiger partial charge in [0.05, 0.1) is 24.7 Å². The Kier molecular flexibility index (Phi) is 4.33. The third kappa shape index (κ3) is 2.74. The summed E-state index contributed by atoms with van der Waals surface area (Å²) >= 11 is 0. The molecule has 0 radical (unpaired) electrons. The maximum Gasteiger partial charge on any atom is 0.228 e. The highest BCUT2D eigenvalue weighted by atomic mass is 16.5. The zero-order valence-electron chi connectivity index (χ0n) is 10.7. The number of hydrogen-bond donors (Lipinski definition) is 1. The van der Waals surface area contributed by atoms with Gasteiger partial charge < -0.3 is 14.7 Å². The van der Waals surface area contributed by atoms with Crippen LogP contribution in [-0.4, -0.2) is 47.8 Å². The Morgan fingerprint density at radius 1 is 1.31 bits per heavy atom. The highest BCUT2D eigenvalue weighted by Crippen LogP contribution is 2.27. The average molecular weight is 229 g/mol. The Balaban J connectivity index is 2.65. The van der Waals surface area contributed by atoms with E-state index in [1.54, 1.807) is 18.7 Å². The topological polar surface area (TPSA) is 49.8 Å². The van der Waals surface area contributed by atoms with E-state index in [1.807, 2.05) is 13.8 Å². The minimum Gasteiger partial charge on any atom is -0.389 e. The minimum absolute atomic E-state index is 0.0296. The Labute approximate surface area is 97.6 Å². The standard InChI is InChI=1S/C12H23NO3/c1-9(2)12(4,15)10(3)11(14)13-5-7-16-8-6-13/h9-10,15H,5-8H2,1-4H3/t10-,12-/m0/s1. The van der Waals surface area contributed by atoms with Crippen molar-refractivity contribution >= 4 is 5.91 Å². The van der Waals surface area contributed by atoms with Crippen LogP contribution < -0.4 is 0 Å². The summed E-state index contributed by atoms with van der Waals surface area (Å²) < 4.78 is 5.21. The smallest absolute Gasteiger partial charge is 0.228 e. The van der Waals surface area contributed by atoms with E-state index in [1.165, 1.54) is 0 Å². The maximum atomic E-state index is 12.2. The Bertz CT molecular complexity index is 245. The van der Waals surface area contributed by atoms with Crippen LogP contribution in [0.15, 0.2) is 0 Å². The summed E-state index contributed by atoms with van der Waals surface area (Å²) in [4.78, 5) is 13.9. The van der Waals surface area contributed by atoms with Gasteiger partial charge in [0.2, 0.25) is 5.91 Å². The summed E-state index contributed by atoms with van der Waals surface area (Å²) in [6, 6.07) is 0. The zero-order chi connectivity index (χ0) is 12.3. The molecule has 1 aliphatic heterocycles. The predicted octanol–water partition coefficient (Wildman–Crippen LogP) is 0.888. The lowest BCUT2D eigenvalue weighted by atomic mass is 9.80. The lowest BCUT2D eigenvalue weighted by Gasteiger charge is -2.37. The number of carbonyl (C=O) groups excluding carboxylic acids is 1. The van der Waals surface area contributed by atoms with Crippen LogP contribution in [0.2, 0.25) is 0 Å². The fraction of sp³-hybridized carbons (Fsp3) is 0.917. The molecule has 1 heterocycles. The third-order valence-corrected chi connectivity index (χ3v) is 3.74. The van der Waals surface area contributed by atoms with Crippen LogP contribution in [0.3, 0.4) is 0 Å². The monoisotopic (exact) mass is 229 g/mol. The van der Waals surface area contributed by atoms with Crippen LogP contribution in [0.25, 0.3) is 0 Å². The molecule has 0 saturated carbocycles. The number of amides is 1. The number of aliphatic hydroxyl groups is 1. The molecule has 0 spiro atoms. The fourth-order valence-corrected chi connectivity index (χ4v) is 1.81. The van der Waals surface area contributed by atoms with Gasteiger partial charge in [0.25, 0.3) is 0 Å². The predicted molar refractivity (Wildman–Crippen MR) is 62.0 cm³/mol. The fourth-order valence-electron chi connectivity index (χ4n) is 1.81. The van der Waals surface area contributed by atoms with Gasteiger partial charge in [0.15, 0.2) is 0 Å². The third-order valence-electron chi connectivity index (χ3n) is 3.74. The Morgan fingerprint density at radius 2 is 1.81 bits per heavy atom. The number of ether oxygens (including phenoxy) is 1. The lowest BCUT2D eigenvalue weighted by Crippen LogP contribution is -2.51. The van der Waals surface area contributed by atoms with Gasteiger partial charge in [-0.15, -0.1) is 0 Å². The minimum atomic E-state index is -0.949. The van der Waals surface area contributed by atoms with Gasteiger partial charge in [-0.1, -0.05) is 20.8 Å². The van der Waals surface area contributed by atoms with Crippen molar-refractivity contribution in [2.75, 3.05) is 26.3 Å². The summed E-state index contributed by atoms with van der Waals surface area (Å²) in [6.45, 7) is 9.88. The van der Waals surface area contributed by atoms with E-state index in [0.717, 1.165) is 0 Å². The summed E-state index contributed by atoms with van der Waals surface area (Å²) in [5, 5.41) is 10.3. The van der Waals surface area contributed by atoms with Crippen molar-refractivity contribution in [2.45, 2.75) is 33.3 Å². The molecule has 1 amide bonds. The van der Waals surface area contributed by atoms with Crippen LogP contribution in [0, 0.1) is 11.8 Å². The Hall–Kier alpha value is -0.610. The molecule has 0 aromatic rings. The van der Waals surface area contributed by atoms with Crippen LogP contribution in [0.1, 0.15) is 27.7 Å². The first kappa shape index (κ1) is 13.5. The molecule has 2 atom stereocenters. The van der Waals surface area contributed by atoms with E-state index >= 15 is 0 Å². The van der Waals surface area contributed by atoms with Crippen LogP contribution in [-0.2, 0) is 9.53 Å². The van der Waals surface area contributed by atoms with Crippen LogP contribution >= 0.6 is 0 Å². The van der Waals surface area contributed by atoms with E-state index in [2.05, 4.69) is 0 Å². The molecule has 0 bridgehead atoms. The zero-order valence-corrected chi connectivity index (χ0v) is 10.7. The maximum absolute atomic E-state index is 12.2. The van der Waals surface area contributed by atoms with Gasteiger partial charge in [-0.05, 0) is 12.8 Å². The molecule has 4 heteroatoms. The van der Waals surface area contributed by atoms with Crippen molar-refractivity contribution < 1.29 is 14.6 Å². The molecule has 1 rings (SSSR count). The SMILES string of the molecule is CC(C)[C@](C)(O)[C@@H](C)C(=O)N1CCOCC1. The number of nitrogens with zero attached hydrogens (tertiary/aromatic N) is 1. The molecule has 0 aromatic heterocycles. The van der Waals surface area contributed by atoms with Gasteiger partial charge in [0.1, 0.15) is 0 Å². The van der Waals surface area contributed by atoms with Gasteiger partial charge in [0, 0.05) is 13.1 Å². The Morgan fingerprint density at radius 3 is 2.25 bits per heavy atom. The number of carbonyl (C=O) groups is 1. The first-order chi connectivity index (χ1) is 7.37. The normalized spacial score (nSPS) is 23.0. The van der Waals surface area contributed by atoms with Crippen LogP contribution in [0.4, 0.5) is 0 Å². The average Bonchev–Trinajstić information content (AvgIpc) is 2.28. The van der Waals surface area contributed by atoms with Crippen molar-refractivity contribution in [2.24, 2.45) is 11.8 Å². The quantitative estimate of drug-likeness (QED) is 0.782. The van der Waals surface area contributed by atoms with E-state index < -0.39 is 5.60 Å². The van der Waals surface area contributed by atoms with Crippen molar-refractivity contribution in [1.29, 1.82) is 0 Å². The first-order valence-corrected chi connectivity index (χ1v) is 5.96. The van der Waals surface area contributed by atoms with E-state index in [4.69, 9.17) is 4.74 Å². The molecule has 4 nitrogen and oxygen atoms in total. The molecule has 16 heavy (non-hydrogen) atoms. The molecule has 0 aliphatic carbocycles.